The van der Waals surface area contributed by atoms with E-state index in [1.165, 1.54) is 5.56 Å². The molecule has 0 saturated heterocycles. The number of aromatic nitrogens is 2. The molecule has 0 radical (unpaired) electrons. The van der Waals surface area contributed by atoms with Crippen molar-refractivity contribution < 1.29 is 0 Å². The largest absolute Gasteiger partial charge is 0.240 e. The molecule has 0 bridgehead atoms. The van der Waals surface area contributed by atoms with Crippen LogP contribution in [0.15, 0.2) is 36.7 Å². The molecule has 2 aromatic rings. The maximum Gasteiger partial charge on any atom is 0.149 e. The van der Waals surface area contributed by atoms with Crippen LogP contribution in [-0.4, -0.2) is 9.97 Å². The number of benzene rings is 1. The first kappa shape index (κ1) is 11.3. The fourth-order valence-electron chi connectivity index (χ4n) is 1.88. The first-order valence-corrected chi connectivity index (χ1v) is 5.46. The van der Waals surface area contributed by atoms with E-state index in [0.29, 0.717) is 5.82 Å². The molecule has 1 unspecified atom stereocenters. The summed E-state index contributed by atoms with van der Waals surface area (Å²) < 4.78 is 0. The third kappa shape index (κ3) is 2.31. The Bertz CT molecular complexity index is 555. The predicted octanol–water partition coefficient (Wildman–Crippen LogP) is 2.75. The van der Waals surface area contributed by atoms with Gasteiger partial charge in [0.05, 0.1) is 6.07 Å². The first-order chi connectivity index (χ1) is 8.22. The van der Waals surface area contributed by atoms with Gasteiger partial charge in [-0.2, -0.15) is 5.26 Å². The highest BCUT2D eigenvalue weighted by Gasteiger charge is 2.17. The highest BCUT2D eigenvalue weighted by atomic mass is 14.9. The Morgan fingerprint density at radius 2 is 1.88 bits per heavy atom. The average molecular weight is 223 g/mol. The summed E-state index contributed by atoms with van der Waals surface area (Å²) in [5, 5.41) is 9.30. The maximum absolute atomic E-state index is 9.30. The van der Waals surface area contributed by atoms with Crippen LogP contribution in [0.2, 0.25) is 0 Å². The standard InChI is InChI=1S/C14H13N3/c1-10-4-5-12(11(2)8-10)13(9-15)14-16-6-3-7-17-14/h3-8,13H,1-2H3. The highest BCUT2D eigenvalue weighted by Crippen LogP contribution is 2.24. The molecule has 0 aliphatic rings. The zero-order chi connectivity index (χ0) is 12.3. The Morgan fingerprint density at radius 3 is 2.47 bits per heavy atom. The second-order valence-electron chi connectivity index (χ2n) is 4.03. The van der Waals surface area contributed by atoms with Crippen molar-refractivity contribution in [3.63, 3.8) is 0 Å². The Morgan fingerprint density at radius 1 is 1.18 bits per heavy atom. The summed E-state index contributed by atoms with van der Waals surface area (Å²) in [5.41, 5.74) is 3.27. The Labute approximate surface area is 101 Å². The van der Waals surface area contributed by atoms with Crippen molar-refractivity contribution in [2.45, 2.75) is 19.8 Å². The third-order valence-electron chi connectivity index (χ3n) is 2.71. The molecule has 0 saturated carbocycles. The molecule has 84 valence electrons. The van der Waals surface area contributed by atoms with Crippen molar-refractivity contribution in [1.82, 2.24) is 9.97 Å². The molecule has 0 fully saturated rings. The predicted molar refractivity (Wildman–Crippen MR) is 65.4 cm³/mol. The van der Waals surface area contributed by atoms with E-state index in [1.807, 2.05) is 26.0 Å². The second-order valence-corrected chi connectivity index (χ2v) is 4.03. The van der Waals surface area contributed by atoms with Gasteiger partial charge in [0.15, 0.2) is 0 Å². The maximum atomic E-state index is 9.30. The van der Waals surface area contributed by atoms with E-state index >= 15 is 0 Å². The Kier molecular flexibility index (Phi) is 3.15. The van der Waals surface area contributed by atoms with Crippen molar-refractivity contribution >= 4 is 0 Å². The zero-order valence-electron chi connectivity index (χ0n) is 9.88. The minimum absolute atomic E-state index is 0.392. The van der Waals surface area contributed by atoms with Gasteiger partial charge in [0.25, 0.3) is 0 Å². The molecule has 2 rings (SSSR count). The third-order valence-corrected chi connectivity index (χ3v) is 2.71. The molecule has 1 aromatic carbocycles. The lowest BCUT2D eigenvalue weighted by Crippen LogP contribution is -2.05. The van der Waals surface area contributed by atoms with Gasteiger partial charge >= 0.3 is 0 Å². The van der Waals surface area contributed by atoms with E-state index in [2.05, 4.69) is 22.1 Å². The summed E-state index contributed by atoms with van der Waals surface area (Å²) in [7, 11) is 0. The van der Waals surface area contributed by atoms with Gasteiger partial charge in [0.1, 0.15) is 11.7 Å². The van der Waals surface area contributed by atoms with E-state index in [1.54, 1.807) is 18.5 Å². The molecular formula is C14H13N3. The fraction of sp³-hybridized carbons (Fsp3) is 0.214. The summed E-state index contributed by atoms with van der Waals surface area (Å²) in [6.45, 7) is 4.05. The lowest BCUT2D eigenvalue weighted by Gasteiger charge is -2.11. The Hall–Kier alpha value is -2.21. The van der Waals surface area contributed by atoms with Crippen LogP contribution in [0.5, 0.6) is 0 Å². The normalized spacial score (nSPS) is 11.8. The SMILES string of the molecule is Cc1ccc(C(C#N)c2ncccn2)c(C)c1. The molecule has 3 nitrogen and oxygen atoms in total. The fourth-order valence-corrected chi connectivity index (χ4v) is 1.88. The molecule has 17 heavy (non-hydrogen) atoms. The van der Waals surface area contributed by atoms with Gasteiger partial charge in [-0.05, 0) is 31.0 Å². The van der Waals surface area contributed by atoms with E-state index in [0.717, 1.165) is 11.1 Å². The topological polar surface area (TPSA) is 49.6 Å². The lowest BCUT2D eigenvalue weighted by atomic mass is 9.94. The van der Waals surface area contributed by atoms with Crippen molar-refractivity contribution in [1.29, 1.82) is 5.26 Å². The first-order valence-electron chi connectivity index (χ1n) is 5.46. The average Bonchev–Trinajstić information content (AvgIpc) is 2.34. The van der Waals surface area contributed by atoms with Gasteiger partial charge in [0, 0.05) is 12.4 Å². The number of aryl methyl sites for hydroxylation is 2. The molecule has 0 aliphatic heterocycles. The molecule has 1 heterocycles. The zero-order valence-corrected chi connectivity index (χ0v) is 9.88. The van der Waals surface area contributed by atoms with Crippen LogP contribution in [-0.2, 0) is 0 Å². The summed E-state index contributed by atoms with van der Waals surface area (Å²) in [6.07, 6.45) is 3.33. The van der Waals surface area contributed by atoms with Gasteiger partial charge in [-0.15, -0.1) is 0 Å². The van der Waals surface area contributed by atoms with Crippen molar-refractivity contribution in [2.24, 2.45) is 0 Å². The van der Waals surface area contributed by atoms with Crippen LogP contribution in [0.25, 0.3) is 0 Å². The molecule has 0 aliphatic carbocycles. The van der Waals surface area contributed by atoms with Gasteiger partial charge in [0.2, 0.25) is 0 Å². The highest BCUT2D eigenvalue weighted by molar-refractivity contribution is 5.39. The number of rotatable bonds is 2. The van der Waals surface area contributed by atoms with Crippen LogP contribution in [0, 0.1) is 25.2 Å². The van der Waals surface area contributed by atoms with Gasteiger partial charge in [-0.3, -0.25) is 0 Å². The quantitative estimate of drug-likeness (QED) is 0.786. The molecular weight excluding hydrogens is 210 g/mol. The Balaban J connectivity index is 2.47. The van der Waals surface area contributed by atoms with Crippen molar-refractivity contribution in [3.05, 3.63) is 59.2 Å². The van der Waals surface area contributed by atoms with Crippen LogP contribution in [0.4, 0.5) is 0 Å². The molecule has 0 amide bonds. The number of hydrogen-bond donors (Lipinski definition) is 0. The van der Waals surface area contributed by atoms with Gasteiger partial charge in [-0.25, -0.2) is 9.97 Å². The van der Waals surface area contributed by atoms with E-state index in [-0.39, 0.29) is 0 Å². The summed E-state index contributed by atoms with van der Waals surface area (Å²) in [6, 6.07) is 10.1. The van der Waals surface area contributed by atoms with E-state index in [9.17, 15) is 5.26 Å². The molecule has 0 spiro atoms. The number of hydrogen-bond acceptors (Lipinski definition) is 3. The van der Waals surface area contributed by atoms with Crippen LogP contribution in [0.3, 0.4) is 0 Å². The van der Waals surface area contributed by atoms with Gasteiger partial charge < -0.3 is 0 Å². The molecule has 1 atom stereocenters. The molecule has 3 heteroatoms. The van der Waals surface area contributed by atoms with Crippen molar-refractivity contribution in [2.75, 3.05) is 0 Å². The number of nitriles is 1. The second kappa shape index (κ2) is 4.75. The van der Waals surface area contributed by atoms with Crippen molar-refractivity contribution in [3.8, 4) is 6.07 Å². The minimum Gasteiger partial charge on any atom is -0.240 e. The smallest absolute Gasteiger partial charge is 0.149 e. The van der Waals surface area contributed by atoms with E-state index < -0.39 is 5.92 Å². The van der Waals surface area contributed by atoms with Crippen LogP contribution >= 0.6 is 0 Å². The lowest BCUT2D eigenvalue weighted by molar-refractivity contribution is 0.882. The van der Waals surface area contributed by atoms with Gasteiger partial charge in [-0.1, -0.05) is 23.8 Å². The molecule has 0 N–H and O–H groups in total. The number of nitrogens with zero attached hydrogens (tertiary/aromatic N) is 3. The van der Waals surface area contributed by atoms with Crippen LogP contribution < -0.4 is 0 Å². The monoisotopic (exact) mass is 223 g/mol. The molecule has 1 aromatic heterocycles. The summed E-state index contributed by atoms with van der Waals surface area (Å²) in [5.74, 6) is 0.166. The summed E-state index contributed by atoms with van der Waals surface area (Å²) in [4.78, 5) is 8.31. The van der Waals surface area contributed by atoms with Crippen LogP contribution in [0.1, 0.15) is 28.4 Å². The minimum atomic E-state index is -0.392. The van der Waals surface area contributed by atoms with E-state index in [4.69, 9.17) is 0 Å². The summed E-state index contributed by atoms with van der Waals surface area (Å²) >= 11 is 0.